The van der Waals surface area contributed by atoms with Gasteiger partial charge >= 0.3 is 0 Å². The van der Waals surface area contributed by atoms with E-state index in [0.717, 1.165) is 75.1 Å². The molecule has 3 aliphatic rings. The number of rotatable bonds is 5. The fourth-order valence-corrected chi connectivity index (χ4v) is 5.61. The van der Waals surface area contributed by atoms with E-state index in [1.165, 1.54) is 12.3 Å². The Balaban J connectivity index is 1.65. The number of carbonyl (C=O) groups is 1. The van der Waals surface area contributed by atoms with Crippen molar-refractivity contribution < 1.29 is 14.6 Å². The number of hydrogen-bond acceptors (Lipinski definition) is 5. The van der Waals surface area contributed by atoms with Crippen LogP contribution < -0.4 is 0 Å². The molecule has 0 spiro atoms. The molecule has 2 aliphatic heterocycles. The number of benzene rings is 1. The highest BCUT2D eigenvalue weighted by Crippen LogP contribution is 2.36. The van der Waals surface area contributed by atoms with Gasteiger partial charge < -0.3 is 19.6 Å². The number of piperazine rings is 1. The van der Waals surface area contributed by atoms with Gasteiger partial charge in [-0.15, -0.1) is 0 Å². The lowest BCUT2D eigenvalue weighted by Crippen LogP contribution is -2.47. The summed E-state index contributed by atoms with van der Waals surface area (Å²) >= 11 is 12.9. The number of aliphatic hydroxyl groups is 1. The van der Waals surface area contributed by atoms with Gasteiger partial charge in [0.1, 0.15) is 0 Å². The van der Waals surface area contributed by atoms with Crippen LogP contribution in [0.2, 0.25) is 10.0 Å². The maximum Gasteiger partial charge on any atom is 0.203 e. The van der Waals surface area contributed by atoms with Crippen LogP contribution in [0.5, 0.6) is 0 Å². The van der Waals surface area contributed by atoms with Gasteiger partial charge in [-0.1, -0.05) is 35.7 Å². The minimum absolute atomic E-state index is 0.0947. The maximum atomic E-state index is 12.6. The van der Waals surface area contributed by atoms with Crippen LogP contribution in [0.25, 0.3) is 0 Å². The van der Waals surface area contributed by atoms with Crippen LogP contribution in [0, 0.1) is 5.92 Å². The van der Waals surface area contributed by atoms with E-state index in [9.17, 15) is 9.90 Å². The molecule has 0 radical (unpaired) electrons. The van der Waals surface area contributed by atoms with Gasteiger partial charge in [0, 0.05) is 61.2 Å². The van der Waals surface area contributed by atoms with Crippen molar-refractivity contribution in [3.8, 4) is 0 Å². The van der Waals surface area contributed by atoms with E-state index in [4.69, 9.17) is 27.9 Å². The Bertz CT molecular complexity index is 873. The Kier molecular flexibility index (Phi) is 7.95. The molecule has 7 heteroatoms. The van der Waals surface area contributed by atoms with Gasteiger partial charge in [-0.2, -0.15) is 0 Å². The summed E-state index contributed by atoms with van der Waals surface area (Å²) in [6.45, 7) is 5.02. The van der Waals surface area contributed by atoms with Crippen LogP contribution in [0.1, 0.15) is 31.2 Å². The fourth-order valence-electron chi connectivity index (χ4n) is 5.08. The highest BCUT2D eigenvalue weighted by molar-refractivity contribution is 6.36. The van der Waals surface area contributed by atoms with Crippen LogP contribution in [0.4, 0.5) is 0 Å². The highest BCUT2D eigenvalue weighted by Gasteiger charge is 2.35. The lowest BCUT2D eigenvalue weighted by molar-refractivity contribution is -0.118. The van der Waals surface area contributed by atoms with E-state index in [2.05, 4.69) is 16.8 Å². The Labute approximate surface area is 200 Å². The molecule has 0 bridgehead atoms. The molecule has 32 heavy (non-hydrogen) atoms. The monoisotopic (exact) mass is 478 g/mol. The fraction of sp³-hybridized carbons (Fsp3) is 0.560. The van der Waals surface area contributed by atoms with Crippen molar-refractivity contribution in [1.82, 2.24) is 9.80 Å². The summed E-state index contributed by atoms with van der Waals surface area (Å²) in [4.78, 5) is 17.4. The van der Waals surface area contributed by atoms with Gasteiger partial charge in [-0.05, 0) is 55.2 Å². The molecule has 2 heterocycles. The standard InChI is InChI=1S/C25H32Cl2N2O3/c1-28-10-12-29(13-11-28)16-17-5-2-3-6-18(24(17)31)19(25-23(30)9-14-32-25)15-20-21(26)7-4-8-22(20)27/h4,7-9,14,17,24-25,31H,2-3,5-6,10-13,15-16H2,1H3. The molecule has 3 atom stereocenters. The third-order valence-electron chi connectivity index (χ3n) is 7.03. The summed E-state index contributed by atoms with van der Waals surface area (Å²) in [6.07, 6.45) is 5.77. The maximum absolute atomic E-state index is 12.6. The first-order valence-electron chi connectivity index (χ1n) is 11.5. The van der Waals surface area contributed by atoms with Crippen molar-refractivity contribution in [1.29, 1.82) is 0 Å². The zero-order valence-corrected chi connectivity index (χ0v) is 20.1. The van der Waals surface area contributed by atoms with Gasteiger partial charge in [0.05, 0.1) is 12.4 Å². The summed E-state index contributed by atoms with van der Waals surface area (Å²) in [5.41, 5.74) is 2.51. The van der Waals surface area contributed by atoms with Gasteiger partial charge in [-0.3, -0.25) is 4.79 Å². The van der Waals surface area contributed by atoms with Crippen molar-refractivity contribution in [2.24, 2.45) is 5.92 Å². The molecule has 1 aromatic carbocycles. The van der Waals surface area contributed by atoms with Crippen molar-refractivity contribution >= 4 is 29.0 Å². The van der Waals surface area contributed by atoms with Gasteiger partial charge in [-0.25, -0.2) is 0 Å². The summed E-state index contributed by atoms with van der Waals surface area (Å²) in [6, 6.07) is 5.42. The molecular formula is C25H32Cl2N2O3. The highest BCUT2D eigenvalue weighted by atomic mass is 35.5. The largest absolute Gasteiger partial charge is 0.485 e. The molecule has 2 fully saturated rings. The lowest BCUT2D eigenvalue weighted by atomic mass is 9.85. The van der Waals surface area contributed by atoms with E-state index in [1.807, 2.05) is 6.07 Å². The van der Waals surface area contributed by atoms with E-state index in [-0.39, 0.29) is 11.7 Å². The molecule has 1 saturated carbocycles. The first-order valence-corrected chi connectivity index (χ1v) is 12.3. The average Bonchev–Trinajstić information content (AvgIpc) is 3.11. The summed E-state index contributed by atoms with van der Waals surface area (Å²) in [5, 5.41) is 12.7. The van der Waals surface area contributed by atoms with Crippen LogP contribution >= 0.6 is 23.2 Å². The predicted molar refractivity (Wildman–Crippen MR) is 128 cm³/mol. The SMILES string of the molecule is CN1CCN(CC2CCCCC(=C(Cc3c(Cl)cccc3Cl)C3OC=CC3=O)C2O)CC1. The average molecular weight is 479 g/mol. The van der Waals surface area contributed by atoms with Crippen LogP contribution in [-0.2, 0) is 16.0 Å². The third-order valence-corrected chi connectivity index (χ3v) is 7.73. The number of hydrogen-bond donors (Lipinski definition) is 1. The Hall–Kier alpha value is -1.37. The third kappa shape index (κ3) is 5.40. The van der Waals surface area contributed by atoms with Crippen LogP contribution in [-0.4, -0.2) is 72.7 Å². The summed E-state index contributed by atoms with van der Waals surface area (Å²) in [5.74, 6) is 0.0415. The first-order chi connectivity index (χ1) is 15.4. The molecule has 1 N–H and O–H groups in total. The Morgan fingerprint density at radius 1 is 1.16 bits per heavy atom. The van der Waals surface area contributed by atoms with Crippen LogP contribution in [0.3, 0.4) is 0 Å². The van der Waals surface area contributed by atoms with Gasteiger partial charge in [0.2, 0.25) is 5.78 Å². The smallest absolute Gasteiger partial charge is 0.203 e. The Morgan fingerprint density at radius 2 is 1.88 bits per heavy atom. The summed E-state index contributed by atoms with van der Waals surface area (Å²) < 4.78 is 5.72. The number of nitrogens with zero attached hydrogens (tertiary/aromatic N) is 2. The molecule has 5 nitrogen and oxygen atoms in total. The molecule has 4 rings (SSSR count). The minimum atomic E-state index is -0.714. The second-order valence-corrected chi connectivity index (χ2v) is 10.0. The van der Waals surface area contributed by atoms with Crippen molar-refractivity contribution in [3.63, 3.8) is 0 Å². The van der Waals surface area contributed by atoms with E-state index in [0.29, 0.717) is 16.5 Å². The molecule has 3 unspecified atom stereocenters. The number of ether oxygens (including phenoxy) is 1. The number of ketones is 1. The zero-order chi connectivity index (χ0) is 22.7. The zero-order valence-electron chi connectivity index (χ0n) is 18.6. The molecule has 1 aliphatic carbocycles. The van der Waals surface area contributed by atoms with Crippen molar-refractivity contribution in [2.45, 2.75) is 44.3 Å². The molecule has 1 saturated heterocycles. The molecule has 174 valence electrons. The van der Waals surface area contributed by atoms with Gasteiger partial charge in [0.25, 0.3) is 0 Å². The van der Waals surface area contributed by atoms with Crippen LogP contribution in [0.15, 0.2) is 41.7 Å². The molecule has 0 aromatic heterocycles. The number of halogens is 2. The van der Waals surface area contributed by atoms with Gasteiger partial charge in [0.15, 0.2) is 6.10 Å². The number of aliphatic hydroxyl groups excluding tert-OH is 1. The van der Waals surface area contributed by atoms with E-state index < -0.39 is 12.2 Å². The minimum Gasteiger partial charge on any atom is -0.485 e. The molecule has 0 amide bonds. The van der Waals surface area contributed by atoms with Crippen molar-refractivity contribution in [3.05, 3.63) is 57.3 Å². The summed E-state index contributed by atoms with van der Waals surface area (Å²) in [7, 11) is 2.15. The van der Waals surface area contributed by atoms with E-state index in [1.54, 1.807) is 12.1 Å². The predicted octanol–water partition coefficient (Wildman–Crippen LogP) is 4.11. The number of likely N-dealkylation sites (N-methyl/N-ethyl adjacent to an activating group) is 1. The second-order valence-electron chi connectivity index (χ2n) is 9.20. The number of carbonyl (C=O) groups excluding carboxylic acids is 1. The molecule has 1 aromatic rings. The second kappa shape index (κ2) is 10.7. The first kappa shape index (κ1) is 23.8. The normalized spacial score (nSPS) is 29.1. The lowest BCUT2D eigenvalue weighted by Gasteiger charge is -2.36. The van der Waals surface area contributed by atoms with Crippen molar-refractivity contribution in [2.75, 3.05) is 39.8 Å². The molecular weight excluding hydrogens is 447 g/mol. The Morgan fingerprint density at radius 3 is 2.53 bits per heavy atom. The van der Waals surface area contributed by atoms with E-state index >= 15 is 0 Å². The quantitative estimate of drug-likeness (QED) is 0.509. The topological polar surface area (TPSA) is 53.0 Å².